The van der Waals surface area contributed by atoms with E-state index in [-0.39, 0.29) is 23.1 Å². The Bertz CT molecular complexity index is 987. The van der Waals surface area contributed by atoms with Crippen molar-refractivity contribution >= 4 is 11.7 Å². The zero-order valence-electron chi connectivity index (χ0n) is 16.3. The van der Waals surface area contributed by atoms with Crippen LogP contribution >= 0.6 is 0 Å². The highest BCUT2D eigenvalue weighted by molar-refractivity contribution is 5.98. The van der Waals surface area contributed by atoms with Gasteiger partial charge in [-0.1, -0.05) is 19.8 Å². The van der Waals surface area contributed by atoms with Crippen molar-refractivity contribution in [3.63, 3.8) is 0 Å². The summed E-state index contributed by atoms with van der Waals surface area (Å²) in [5, 5.41) is 4.34. The summed E-state index contributed by atoms with van der Waals surface area (Å²) in [6.45, 7) is 2.08. The smallest absolute Gasteiger partial charge is 0.285 e. The number of hydrazine groups is 1. The number of ketones is 1. The Kier molecular flexibility index (Phi) is 4.98. The summed E-state index contributed by atoms with van der Waals surface area (Å²) in [5.41, 5.74) is 2.68. The Hall–Kier alpha value is -2.61. The Labute approximate surface area is 167 Å². The Balaban J connectivity index is 1.88. The maximum Gasteiger partial charge on any atom is 0.285 e. The van der Waals surface area contributed by atoms with Gasteiger partial charge >= 0.3 is 0 Å². The predicted octanol–water partition coefficient (Wildman–Crippen LogP) is 3.42. The van der Waals surface area contributed by atoms with Crippen LogP contribution in [0.2, 0.25) is 0 Å². The van der Waals surface area contributed by atoms with Crippen molar-refractivity contribution in [2.45, 2.75) is 63.2 Å². The van der Waals surface area contributed by atoms with Crippen LogP contribution < -0.4 is 11.3 Å². The van der Waals surface area contributed by atoms with E-state index in [1.54, 1.807) is 0 Å². The van der Waals surface area contributed by atoms with Gasteiger partial charge in [-0.25, -0.2) is 19.3 Å². The molecule has 0 saturated heterocycles. The lowest BCUT2D eigenvalue weighted by atomic mass is 9.77. The number of nitrogens with one attached hydrogen (secondary N) is 1. The maximum atomic E-state index is 14.6. The SMILES string of the molecule is CCCCCC(=O)C12CCC(C1)c1c(C(=O)NN)nn(-c3ccc(F)cc3F)c12. The molecule has 29 heavy (non-hydrogen) atoms. The topological polar surface area (TPSA) is 90.0 Å². The third kappa shape index (κ3) is 2.97. The molecule has 1 heterocycles. The summed E-state index contributed by atoms with van der Waals surface area (Å²) < 4.78 is 29.4. The van der Waals surface area contributed by atoms with Gasteiger partial charge in [-0.3, -0.25) is 15.0 Å². The Morgan fingerprint density at radius 3 is 2.83 bits per heavy atom. The van der Waals surface area contributed by atoms with E-state index >= 15 is 0 Å². The summed E-state index contributed by atoms with van der Waals surface area (Å²) in [6, 6.07) is 3.19. The quantitative estimate of drug-likeness (QED) is 0.321. The van der Waals surface area contributed by atoms with E-state index in [1.807, 2.05) is 0 Å². The second-order valence-corrected chi connectivity index (χ2v) is 7.99. The number of rotatable bonds is 7. The van der Waals surface area contributed by atoms with Crippen LogP contribution in [0.15, 0.2) is 18.2 Å². The standard InChI is InChI=1S/C21H24F2N4O2/c1-2-3-4-5-16(28)21-9-8-12(11-21)17-18(20(29)25-24)26-27(19(17)21)15-7-6-13(22)10-14(15)23/h6-7,10,12H,2-5,8-9,11,24H2,1H3,(H,25,29). The summed E-state index contributed by atoms with van der Waals surface area (Å²) in [5.74, 6) is 3.35. The van der Waals surface area contributed by atoms with Gasteiger partial charge in [0.1, 0.15) is 17.3 Å². The number of fused-ring (bicyclic) bond motifs is 5. The van der Waals surface area contributed by atoms with E-state index in [2.05, 4.69) is 17.4 Å². The van der Waals surface area contributed by atoms with Crippen molar-refractivity contribution in [2.75, 3.05) is 0 Å². The average molecular weight is 402 g/mol. The minimum Gasteiger partial charge on any atom is -0.299 e. The van der Waals surface area contributed by atoms with Crippen LogP contribution in [-0.4, -0.2) is 21.5 Å². The number of benzene rings is 1. The van der Waals surface area contributed by atoms with Gasteiger partial charge in [-0.05, 0) is 43.7 Å². The first-order valence-corrected chi connectivity index (χ1v) is 10.1. The molecular formula is C21H24F2N4O2. The van der Waals surface area contributed by atoms with Crippen molar-refractivity contribution in [1.29, 1.82) is 0 Å². The highest BCUT2D eigenvalue weighted by atomic mass is 19.1. The van der Waals surface area contributed by atoms with Crippen LogP contribution in [0.3, 0.4) is 0 Å². The molecule has 3 N–H and O–H groups in total. The van der Waals surface area contributed by atoms with Gasteiger partial charge in [0, 0.05) is 18.1 Å². The number of nitrogens with zero attached hydrogens (tertiary/aromatic N) is 2. The number of unbranched alkanes of at least 4 members (excludes halogenated alkanes) is 2. The first-order valence-electron chi connectivity index (χ1n) is 10.1. The summed E-state index contributed by atoms with van der Waals surface area (Å²) >= 11 is 0. The van der Waals surface area contributed by atoms with Crippen LogP contribution in [-0.2, 0) is 10.2 Å². The molecule has 1 aromatic heterocycles. The fraction of sp³-hybridized carbons (Fsp3) is 0.476. The van der Waals surface area contributed by atoms with Gasteiger partial charge in [0.25, 0.3) is 5.91 Å². The molecule has 2 aliphatic rings. The number of hydrogen-bond donors (Lipinski definition) is 2. The minimum atomic E-state index is -0.800. The number of aromatic nitrogens is 2. The number of Topliss-reactive ketones (excluding diaryl/α,β-unsaturated/α-hetero) is 1. The number of nitrogen functional groups attached to an aromatic ring is 1. The molecule has 1 fully saturated rings. The van der Waals surface area contributed by atoms with Crippen molar-refractivity contribution in [3.05, 3.63) is 46.8 Å². The monoisotopic (exact) mass is 402 g/mol. The molecule has 0 radical (unpaired) electrons. The van der Waals surface area contributed by atoms with E-state index in [9.17, 15) is 18.4 Å². The van der Waals surface area contributed by atoms with Crippen molar-refractivity contribution in [2.24, 2.45) is 5.84 Å². The maximum absolute atomic E-state index is 14.6. The van der Waals surface area contributed by atoms with Crippen molar-refractivity contribution in [1.82, 2.24) is 15.2 Å². The van der Waals surface area contributed by atoms with Crippen molar-refractivity contribution in [3.8, 4) is 5.69 Å². The lowest BCUT2D eigenvalue weighted by Crippen LogP contribution is -2.34. The van der Waals surface area contributed by atoms with Gasteiger partial charge in [0.15, 0.2) is 11.5 Å². The number of carbonyl (C=O) groups excluding carboxylic acids is 2. The van der Waals surface area contributed by atoms with Crippen LogP contribution in [0.5, 0.6) is 0 Å². The van der Waals surface area contributed by atoms with E-state index < -0.39 is 23.0 Å². The number of hydrogen-bond acceptors (Lipinski definition) is 4. The third-order valence-corrected chi connectivity index (χ3v) is 6.32. The molecule has 2 aromatic rings. The minimum absolute atomic E-state index is 0.00434. The molecular weight excluding hydrogens is 378 g/mol. The molecule has 2 bridgehead atoms. The van der Waals surface area contributed by atoms with E-state index in [0.29, 0.717) is 30.5 Å². The number of carbonyl (C=O) groups is 2. The van der Waals surface area contributed by atoms with Gasteiger partial charge in [-0.15, -0.1) is 0 Å². The Morgan fingerprint density at radius 2 is 2.14 bits per heavy atom. The molecule has 0 aliphatic heterocycles. The molecule has 2 atom stereocenters. The van der Waals surface area contributed by atoms with Gasteiger partial charge in [0.2, 0.25) is 0 Å². The molecule has 6 nitrogen and oxygen atoms in total. The van der Waals surface area contributed by atoms with Gasteiger partial charge in [-0.2, -0.15) is 5.10 Å². The molecule has 1 saturated carbocycles. The lowest BCUT2D eigenvalue weighted by molar-refractivity contribution is -0.124. The number of nitrogens with two attached hydrogens (primary N) is 1. The highest BCUT2D eigenvalue weighted by Gasteiger charge is 2.57. The second kappa shape index (κ2) is 7.33. The number of amides is 1. The second-order valence-electron chi connectivity index (χ2n) is 7.99. The molecule has 0 spiro atoms. The molecule has 1 amide bonds. The van der Waals surface area contributed by atoms with Crippen LogP contribution in [0.25, 0.3) is 5.69 Å². The number of halogens is 2. The molecule has 2 unspecified atom stereocenters. The fourth-order valence-electron chi connectivity index (χ4n) is 5.01. The summed E-state index contributed by atoms with van der Waals surface area (Å²) in [7, 11) is 0. The first-order chi connectivity index (χ1) is 13.9. The van der Waals surface area contributed by atoms with E-state index in [0.717, 1.165) is 37.8 Å². The molecule has 154 valence electrons. The molecule has 4 rings (SSSR count). The molecule has 2 aliphatic carbocycles. The van der Waals surface area contributed by atoms with Gasteiger partial charge in [0.05, 0.1) is 11.1 Å². The zero-order chi connectivity index (χ0) is 20.8. The fourth-order valence-corrected chi connectivity index (χ4v) is 5.01. The largest absolute Gasteiger partial charge is 0.299 e. The molecule has 8 heteroatoms. The van der Waals surface area contributed by atoms with E-state index in [1.165, 1.54) is 10.7 Å². The lowest BCUT2D eigenvalue weighted by Gasteiger charge is -2.27. The normalized spacial score (nSPS) is 22.0. The summed E-state index contributed by atoms with van der Waals surface area (Å²) in [4.78, 5) is 25.7. The van der Waals surface area contributed by atoms with E-state index in [4.69, 9.17) is 5.84 Å². The molecule has 1 aromatic carbocycles. The Morgan fingerprint density at radius 1 is 1.34 bits per heavy atom. The third-order valence-electron chi connectivity index (χ3n) is 6.32. The first kappa shape index (κ1) is 19.7. The van der Waals surface area contributed by atoms with Crippen molar-refractivity contribution < 1.29 is 18.4 Å². The average Bonchev–Trinajstić information content (AvgIpc) is 3.38. The predicted molar refractivity (Wildman–Crippen MR) is 103 cm³/mol. The zero-order valence-corrected chi connectivity index (χ0v) is 16.3. The van der Waals surface area contributed by atoms with Gasteiger partial charge < -0.3 is 0 Å². The van der Waals surface area contributed by atoms with Crippen LogP contribution in [0.1, 0.15) is 79.5 Å². The highest BCUT2D eigenvalue weighted by Crippen LogP contribution is 2.59. The van der Waals surface area contributed by atoms with Crippen LogP contribution in [0, 0.1) is 11.6 Å². The summed E-state index contributed by atoms with van der Waals surface area (Å²) in [6.07, 6.45) is 5.22. The van der Waals surface area contributed by atoms with Crippen LogP contribution in [0.4, 0.5) is 8.78 Å².